The van der Waals surface area contributed by atoms with Crippen molar-refractivity contribution < 1.29 is 9.47 Å². The standard InChI is InChI=1S/C24H22N2O2/c1-27-24-16-21(11-12-22(24)23-13-14-25-17-28-23)26-20-10-6-9-19(15-20)18-7-4-2-3-5-8-18/h2-4,6-13,15-17,26H,5,14H2,1H3. The van der Waals surface area contributed by atoms with Crippen LogP contribution in [0.25, 0.3) is 11.3 Å². The van der Waals surface area contributed by atoms with E-state index in [9.17, 15) is 0 Å². The lowest BCUT2D eigenvalue weighted by atomic mass is 10.0. The van der Waals surface area contributed by atoms with Gasteiger partial charge in [0.1, 0.15) is 11.5 Å². The number of hydrogen-bond donors (Lipinski definition) is 1. The summed E-state index contributed by atoms with van der Waals surface area (Å²) in [4.78, 5) is 4.04. The van der Waals surface area contributed by atoms with E-state index in [1.165, 1.54) is 17.5 Å². The molecule has 2 aromatic rings. The number of ether oxygens (including phenoxy) is 2. The molecule has 0 bridgehead atoms. The second-order valence-electron chi connectivity index (χ2n) is 6.46. The third kappa shape index (κ3) is 4.07. The van der Waals surface area contributed by atoms with Gasteiger partial charge in [0.25, 0.3) is 0 Å². The maximum atomic E-state index is 5.58. The molecule has 0 unspecified atom stereocenters. The Balaban J connectivity index is 1.57. The zero-order chi connectivity index (χ0) is 19.2. The van der Waals surface area contributed by atoms with Crippen LogP contribution >= 0.6 is 0 Å². The molecule has 2 aliphatic rings. The van der Waals surface area contributed by atoms with E-state index in [2.05, 4.69) is 65.0 Å². The van der Waals surface area contributed by atoms with Gasteiger partial charge >= 0.3 is 0 Å². The first kappa shape index (κ1) is 17.9. The van der Waals surface area contributed by atoms with Gasteiger partial charge in [-0.05, 0) is 47.9 Å². The minimum atomic E-state index is 0.616. The third-order valence-corrected chi connectivity index (χ3v) is 4.58. The van der Waals surface area contributed by atoms with Crippen LogP contribution in [0.15, 0.2) is 83.9 Å². The molecule has 140 valence electrons. The molecule has 0 radical (unpaired) electrons. The van der Waals surface area contributed by atoms with E-state index in [4.69, 9.17) is 9.47 Å². The first-order chi connectivity index (χ1) is 13.8. The Kier molecular flexibility index (Phi) is 5.38. The number of hydrogen-bond acceptors (Lipinski definition) is 4. The number of methoxy groups -OCH3 is 1. The van der Waals surface area contributed by atoms with Gasteiger partial charge in [-0.3, -0.25) is 4.99 Å². The predicted octanol–water partition coefficient (Wildman–Crippen LogP) is 5.74. The van der Waals surface area contributed by atoms with Gasteiger partial charge in [0, 0.05) is 17.4 Å². The average Bonchev–Trinajstić information content (AvgIpc) is 3.04. The number of nitrogens with one attached hydrogen (secondary N) is 1. The molecule has 0 fully saturated rings. The monoisotopic (exact) mass is 370 g/mol. The molecule has 4 rings (SSSR count). The molecule has 1 heterocycles. The van der Waals surface area contributed by atoms with Crippen molar-refractivity contribution in [1.29, 1.82) is 0 Å². The van der Waals surface area contributed by atoms with Gasteiger partial charge < -0.3 is 14.8 Å². The van der Waals surface area contributed by atoms with Gasteiger partial charge in [-0.25, -0.2) is 0 Å². The fourth-order valence-electron chi connectivity index (χ4n) is 3.20. The summed E-state index contributed by atoms with van der Waals surface area (Å²) in [5.74, 6) is 1.52. The Morgan fingerprint density at radius 3 is 2.82 bits per heavy atom. The number of benzene rings is 2. The summed E-state index contributed by atoms with van der Waals surface area (Å²) in [6.45, 7) is 0.616. The highest BCUT2D eigenvalue weighted by Gasteiger charge is 2.12. The number of aliphatic imine (C=N–C) groups is 1. The van der Waals surface area contributed by atoms with Crippen molar-refractivity contribution in [2.45, 2.75) is 6.42 Å². The first-order valence-electron chi connectivity index (χ1n) is 9.28. The Labute approximate surface area is 165 Å². The summed E-state index contributed by atoms with van der Waals surface area (Å²) >= 11 is 0. The maximum Gasteiger partial charge on any atom is 0.176 e. The molecule has 4 heteroatoms. The van der Waals surface area contributed by atoms with Gasteiger partial charge in [-0.15, -0.1) is 0 Å². The van der Waals surface area contributed by atoms with Gasteiger partial charge in [0.05, 0.1) is 19.2 Å². The molecule has 0 saturated heterocycles. The molecule has 0 spiro atoms. The number of rotatable bonds is 5. The topological polar surface area (TPSA) is 42.8 Å². The van der Waals surface area contributed by atoms with Crippen molar-refractivity contribution in [2.75, 3.05) is 19.0 Å². The zero-order valence-corrected chi connectivity index (χ0v) is 15.8. The Morgan fingerprint density at radius 1 is 1.04 bits per heavy atom. The second kappa shape index (κ2) is 8.44. The van der Waals surface area contributed by atoms with Crippen molar-refractivity contribution in [3.05, 3.63) is 90.0 Å². The first-order valence-corrected chi connectivity index (χ1v) is 9.28. The van der Waals surface area contributed by atoms with Crippen molar-refractivity contribution in [1.82, 2.24) is 0 Å². The normalized spacial score (nSPS) is 15.3. The van der Waals surface area contributed by atoms with E-state index in [0.29, 0.717) is 6.54 Å². The second-order valence-corrected chi connectivity index (χ2v) is 6.46. The van der Waals surface area contributed by atoms with Crippen LogP contribution in [0, 0.1) is 0 Å². The molecule has 0 atom stereocenters. The molecule has 4 nitrogen and oxygen atoms in total. The van der Waals surface area contributed by atoms with Crippen LogP contribution in [0.5, 0.6) is 5.75 Å². The SMILES string of the molecule is COc1cc(Nc2cccc(C3=CCC=CC=C3)c2)ccc1C1=CCN=CO1. The lowest BCUT2D eigenvalue weighted by Gasteiger charge is -2.15. The quantitative estimate of drug-likeness (QED) is 0.730. The summed E-state index contributed by atoms with van der Waals surface area (Å²) in [5, 5.41) is 3.47. The van der Waals surface area contributed by atoms with Crippen LogP contribution in [-0.2, 0) is 4.74 Å². The highest BCUT2D eigenvalue weighted by molar-refractivity contribution is 5.79. The lowest BCUT2D eigenvalue weighted by molar-refractivity contribution is 0.409. The molecule has 1 aliphatic heterocycles. The van der Waals surface area contributed by atoms with Gasteiger partial charge in [-0.1, -0.05) is 42.5 Å². The molecular formula is C24H22N2O2. The molecule has 1 aliphatic carbocycles. The van der Waals surface area contributed by atoms with Gasteiger partial charge in [0.2, 0.25) is 0 Å². The van der Waals surface area contributed by atoms with Crippen LogP contribution in [0.3, 0.4) is 0 Å². The molecule has 1 N–H and O–H groups in total. The van der Waals surface area contributed by atoms with Gasteiger partial charge in [-0.2, -0.15) is 0 Å². The van der Waals surface area contributed by atoms with Crippen LogP contribution in [0.4, 0.5) is 11.4 Å². The van der Waals surface area contributed by atoms with E-state index in [1.807, 2.05) is 24.3 Å². The summed E-state index contributed by atoms with van der Waals surface area (Å²) in [5.41, 5.74) is 5.31. The molecule has 28 heavy (non-hydrogen) atoms. The highest BCUT2D eigenvalue weighted by Crippen LogP contribution is 2.32. The zero-order valence-electron chi connectivity index (χ0n) is 15.8. The summed E-state index contributed by atoms with van der Waals surface area (Å²) in [6, 6.07) is 14.4. The van der Waals surface area contributed by atoms with E-state index < -0.39 is 0 Å². The Morgan fingerprint density at radius 2 is 1.96 bits per heavy atom. The largest absolute Gasteiger partial charge is 0.496 e. The van der Waals surface area contributed by atoms with Crippen molar-refractivity contribution in [3.8, 4) is 5.75 Å². The fraction of sp³-hybridized carbons (Fsp3) is 0.125. The Bertz CT molecular complexity index is 1010. The number of allylic oxidation sites excluding steroid dienone is 6. The van der Waals surface area contributed by atoms with Crippen molar-refractivity contribution >= 4 is 29.1 Å². The number of nitrogens with zero attached hydrogens (tertiary/aromatic N) is 1. The fourth-order valence-corrected chi connectivity index (χ4v) is 3.20. The highest BCUT2D eigenvalue weighted by atomic mass is 16.5. The van der Waals surface area contributed by atoms with E-state index >= 15 is 0 Å². The van der Waals surface area contributed by atoms with Crippen molar-refractivity contribution in [2.24, 2.45) is 4.99 Å². The van der Waals surface area contributed by atoms with Gasteiger partial charge in [0.15, 0.2) is 6.40 Å². The third-order valence-electron chi connectivity index (χ3n) is 4.58. The molecule has 2 aromatic carbocycles. The summed E-state index contributed by atoms with van der Waals surface area (Å²) in [7, 11) is 1.67. The minimum absolute atomic E-state index is 0.616. The lowest BCUT2D eigenvalue weighted by Crippen LogP contribution is -2.01. The van der Waals surface area contributed by atoms with Crippen LogP contribution in [0.1, 0.15) is 17.5 Å². The predicted molar refractivity (Wildman–Crippen MR) is 116 cm³/mol. The average molecular weight is 370 g/mol. The van der Waals surface area contributed by atoms with E-state index in [0.717, 1.165) is 34.9 Å². The molecule has 0 saturated carbocycles. The molecular weight excluding hydrogens is 348 g/mol. The summed E-state index contributed by atoms with van der Waals surface area (Å²) in [6.07, 6.45) is 15.0. The summed E-state index contributed by atoms with van der Waals surface area (Å²) < 4.78 is 11.1. The van der Waals surface area contributed by atoms with Crippen LogP contribution < -0.4 is 10.1 Å². The van der Waals surface area contributed by atoms with Crippen LogP contribution in [0.2, 0.25) is 0 Å². The van der Waals surface area contributed by atoms with Crippen LogP contribution in [-0.4, -0.2) is 20.1 Å². The molecule has 0 aromatic heterocycles. The number of anilines is 2. The Hall–Kier alpha value is -3.53. The van der Waals surface area contributed by atoms with E-state index in [1.54, 1.807) is 7.11 Å². The van der Waals surface area contributed by atoms with Crippen molar-refractivity contribution in [3.63, 3.8) is 0 Å². The van der Waals surface area contributed by atoms with E-state index in [-0.39, 0.29) is 0 Å². The smallest absolute Gasteiger partial charge is 0.176 e. The minimum Gasteiger partial charge on any atom is -0.496 e. The molecule has 0 amide bonds. The maximum absolute atomic E-state index is 5.58.